The van der Waals surface area contributed by atoms with Gasteiger partial charge >= 0.3 is 0 Å². The zero-order valence-corrected chi connectivity index (χ0v) is 10.8. The van der Waals surface area contributed by atoms with Gasteiger partial charge in [-0.05, 0) is 59.7 Å². The van der Waals surface area contributed by atoms with E-state index in [0.29, 0.717) is 0 Å². The van der Waals surface area contributed by atoms with Crippen molar-refractivity contribution < 1.29 is 4.39 Å². The Balaban J connectivity index is 2.69. The van der Waals surface area contributed by atoms with E-state index in [0.717, 1.165) is 32.7 Å². The van der Waals surface area contributed by atoms with Crippen LogP contribution in [0.3, 0.4) is 0 Å². The van der Waals surface area contributed by atoms with Crippen LogP contribution in [-0.4, -0.2) is 0 Å². The molecule has 0 aromatic heterocycles. The van der Waals surface area contributed by atoms with E-state index < -0.39 is 0 Å². The molecule has 0 atom stereocenters. The molecular formula is C17H15F. The van der Waals surface area contributed by atoms with Crippen LogP contribution in [0.2, 0.25) is 0 Å². The highest BCUT2D eigenvalue weighted by Gasteiger charge is 2.10. The molecule has 0 amide bonds. The van der Waals surface area contributed by atoms with Crippen LogP contribution < -0.4 is 0 Å². The summed E-state index contributed by atoms with van der Waals surface area (Å²) in [5.74, 6) is -0.130. The van der Waals surface area contributed by atoms with E-state index in [1.165, 1.54) is 5.56 Å². The molecule has 18 heavy (non-hydrogen) atoms. The van der Waals surface area contributed by atoms with Crippen molar-refractivity contribution in [3.63, 3.8) is 0 Å². The maximum atomic E-state index is 14.2. The highest BCUT2D eigenvalue weighted by molar-refractivity contribution is 6.11. The third-order valence-electron chi connectivity index (χ3n) is 3.75. The van der Waals surface area contributed by atoms with Crippen molar-refractivity contribution in [1.29, 1.82) is 0 Å². The molecule has 0 saturated carbocycles. The average Bonchev–Trinajstić information content (AvgIpc) is 2.37. The zero-order chi connectivity index (χ0) is 12.9. The van der Waals surface area contributed by atoms with Gasteiger partial charge in [-0.25, -0.2) is 4.39 Å². The Hall–Kier alpha value is -1.89. The quantitative estimate of drug-likeness (QED) is 0.480. The molecule has 0 spiro atoms. The SMILES string of the molecule is Cc1ccc(C)c2c1ccc1c(C)ccc(F)c12. The summed E-state index contributed by atoms with van der Waals surface area (Å²) in [6.07, 6.45) is 0. The summed E-state index contributed by atoms with van der Waals surface area (Å²) in [5.41, 5.74) is 3.44. The van der Waals surface area contributed by atoms with Crippen LogP contribution in [0, 0.1) is 26.6 Å². The Kier molecular flexibility index (Phi) is 2.37. The Morgan fingerprint density at radius 3 is 1.78 bits per heavy atom. The first-order valence-electron chi connectivity index (χ1n) is 6.17. The van der Waals surface area contributed by atoms with Crippen LogP contribution in [-0.2, 0) is 0 Å². The second-order valence-corrected chi connectivity index (χ2v) is 4.97. The van der Waals surface area contributed by atoms with Gasteiger partial charge in [-0.15, -0.1) is 0 Å². The first kappa shape index (κ1) is 11.2. The summed E-state index contributed by atoms with van der Waals surface area (Å²) in [6, 6.07) is 11.7. The second kappa shape index (κ2) is 3.81. The van der Waals surface area contributed by atoms with Crippen LogP contribution in [0.15, 0.2) is 36.4 Å². The van der Waals surface area contributed by atoms with Crippen LogP contribution in [0.25, 0.3) is 21.5 Å². The van der Waals surface area contributed by atoms with Crippen molar-refractivity contribution in [3.05, 3.63) is 58.9 Å². The molecule has 0 bridgehead atoms. The van der Waals surface area contributed by atoms with Crippen molar-refractivity contribution in [2.24, 2.45) is 0 Å². The average molecular weight is 238 g/mol. The maximum Gasteiger partial charge on any atom is 0.131 e. The molecule has 0 nitrogen and oxygen atoms in total. The zero-order valence-electron chi connectivity index (χ0n) is 10.8. The number of fused-ring (bicyclic) bond motifs is 3. The van der Waals surface area contributed by atoms with E-state index in [1.807, 2.05) is 26.0 Å². The minimum Gasteiger partial charge on any atom is -0.206 e. The standard InChI is InChI=1S/C17H15F/c1-10-4-5-12(3)16-13(10)7-8-14-11(2)6-9-15(18)17(14)16/h4-9H,1-3H3. The van der Waals surface area contributed by atoms with Gasteiger partial charge in [-0.3, -0.25) is 0 Å². The topological polar surface area (TPSA) is 0 Å². The van der Waals surface area contributed by atoms with E-state index in [-0.39, 0.29) is 5.82 Å². The lowest BCUT2D eigenvalue weighted by Gasteiger charge is -2.11. The molecule has 0 unspecified atom stereocenters. The first-order valence-corrected chi connectivity index (χ1v) is 6.17. The van der Waals surface area contributed by atoms with E-state index in [4.69, 9.17) is 0 Å². The molecule has 0 aliphatic carbocycles. The van der Waals surface area contributed by atoms with E-state index >= 15 is 0 Å². The van der Waals surface area contributed by atoms with Crippen LogP contribution in [0.5, 0.6) is 0 Å². The lowest BCUT2D eigenvalue weighted by Crippen LogP contribution is -1.89. The van der Waals surface area contributed by atoms with Gasteiger partial charge < -0.3 is 0 Å². The van der Waals surface area contributed by atoms with Gasteiger partial charge in [0.15, 0.2) is 0 Å². The van der Waals surface area contributed by atoms with Crippen LogP contribution in [0.4, 0.5) is 4.39 Å². The van der Waals surface area contributed by atoms with Gasteiger partial charge in [-0.1, -0.05) is 30.3 Å². The van der Waals surface area contributed by atoms with Crippen LogP contribution >= 0.6 is 0 Å². The molecule has 0 fully saturated rings. The van der Waals surface area contributed by atoms with Crippen molar-refractivity contribution in [1.82, 2.24) is 0 Å². The monoisotopic (exact) mass is 238 g/mol. The minimum atomic E-state index is -0.130. The Bertz CT molecular complexity index is 703. The molecular weight excluding hydrogens is 223 g/mol. The van der Waals surface area contributed by atoms with Crippen molar-refractivity contribution in [2.45, 2.75) is 20.8 Å². The molecule has 1 heteroatoms. The van der Waals surface area contributed by atoms with Gasteiger partial charge in [0.25, 0.3) is 0 Å². The molecule has 0 N–H and O–H groups in total. The third kappa shape index (κ3) is 1.43. The molecule has 3 aromatic carbocycles. The van der Waals surface area contributed by atoms with Gasteiger partial charge in [0.1, 0.15) is 5.82 Å². The summed E-state index contributed by atoms with van der Waals surface area (Å²) in [7, 11) is 0. The van der Waals surface area contributed by atoms with Gasteiger partial charge in [0.05, 0.1) is 0 Å². The molecule has 3 aromatic rings. The molecule has 0 heterocycles. The number of halogens is 1. The molecule has 3 rings (SSSR count). The third-order valence-corrected chi connectivity index (χ3v) is 3.75. The number of aryl methyl sites for hydroxylation is 3. The number of benzene rings is 3. The fraction of sp³-hybridized carbons (Fsp3) is 0.176. The van der Waals surface area contributed by atoms with Gasteiger partial charge in [-0.2, -0.15) is 0 Å². The van der Waals surface area contributed by atoms with Gasteiger partial charge in [0.2, 0.25) is 0 Å². The first-order chi connectivity index (χ1) is 8.59. The van der Waals surface area contributed by atoms with Gasteiger partial charge in [0, 0.05) is 5.39 Å². The van der Waals surface area contributed by atoms with Crippen molar-refractivity contribution in [2.75, 3.05) is 0 Å². The highest BCUT2D eigenvalue weighted by Crippen LogP contribution is 2.33. The second-order valence-electron chi connectivity index (χ2n) is 4.97. The number of rotatable bonds is 0. The van der Waals surface area contributed by atoms with E-state index in [1.54, 1.807) is 6.07 Å². The maximum absolute atomic E-state index is 14.2. The lowest BCUT2D eigenvalue weighted by atomic mass is 9.93. The predicted molar refractivity (Wildman–Crippen MR) is 75.6 cm³/mol. The normalized spacial score (nSPS) is 11.3. The van der Waals surface area contributed by atoms with E-state index in [2.05, 4.69) is 25.1 Å². The summed E-state index contributed by atoms with van der Waals surface area (Å²) in [4.78, 5) is 0. The van der Waals surface area contributed by atoms with E-state index in [9.17, 15) is 4.39 Å². The summed E-state index contributed by atoms with van der Waals surface area (Å²) in [5, 5.41) is 3.96. The summed E-state index contributed by atoms with van der Waals surface area (Å²) in [6.45, 7) is 6.14. The smallest absolute Gasteiger partial charge is 0.131 e. The molecule has 90 valence electrons. The number of hydrogen-bond donors (Lipinski definition) is 0. The minimum absolute atomic E-state index is 0.130. The fourth-order valence-electron chi connectivity index (χ4n) is 2.71. The van der Waals surface area contributed by atoms with Crippen molar-refractivity contribution >= 4 is 21.5 Å². The Morgan fingerprint density at radius 1 is 0.611 bits per heavy atom. The molecule has 0 aliphatic rings. The summed E-state index contributed by atoms with van der Waals surface area (Å²) >= 11 is 0. The summed E-state index contributed by atoms with van der Waals surface area (Å²) < 4.78 is 14.2. The largest absolute Gasteiger partial charge is 0.206 e. The fourth-order valence-corrected chi connectivity index (χ4v) is 2.71. The number of hydrogen-bond acceptors (Lipinski definition) is 0. The Morgan fingerprint density at radius 2 is 1.11 bits per heavy atom. The molecule has 0 aliphatic heterocycles. The lowest BCUT2D eigenvalue weighted by molar-refractivity contribution is 0.640. The van der Waals surface area contributed by atoms with Crippen LogP contribution in [0.1, 0.15) is 16.7 Å². The molecule has 0 saturated heterocycles. The molecule has 0 radical (unpaired) electrons. The van der Waals surface area contributed by atoms with Crippen molar-refractivity contribution in [3.8, 4) is 0 Å². The Labute approximate surface area is 106 Å². The highest BCUT2D eigenvalue weighted by atomic mass is 19.1. The predicted octanol–water partition coefficient (Wildman–Crippen LogP) is 5.06.